The van der Waals surface area contributed by atoms with Gasteiger partial charge in [0, 0.05) is 23.9 Å². The first-order valence-corrected chi connectivity index (χ1v) is 7.10. The maximum atomic E-state index is 12.6. The van der Waals surface area contributed by atoms with Crippen molar-refractivity contribution in [3.63, 3.8) is 0 Å². The summed E-state index contributed by atoms with van der Waals surface area (Å²) in [6, 6.07) is 0. The van der Waals surface area contributed by atoms with Crippen LogP contribution >= 0.6 is 0 Å². The lowest BCUT2D eigenvalue weighted by atomic mass is 10.0. The molecule has 0 atom stereocenters. The van der Waals surface area contributed by atoms with Crippen molar-refractivity contribution in [2.24, 2.45) is 0 Å². The van der Waals surface area contributed by atoms with Crippen molar-refractivity contribution in [2.75, 3.05) is 0 Å². The molecule has 0 aliphatic carbocycles. The number of fused-ring (bicyclic) bond motifs is 1. The summed E-state index contributed by atoms with van der Waals surface area (Å²) in [4.78, 5) is 21.2. The largest absolute Gasteiger partial charge is 0.278 e. The van der Waals surface area contributed by atoms with Gasteiger partial charge in [-0.1, -0.05) is 20.8 Å². The van der Waals surface area contributed by atoms with Gasteiger partial charge < -0.3 is 0 Å². The Hall–Kier alpha value is -2.44. The molecule has 0 unspecified atom stereocenters. The van der Waals surface area contributed by atoms with E-state index in [1.807, 2.05) is 24.7 Å². The van der Waals surface area contributed by atoms with Gasteiger partial charge >= 0.3 is 0 Å². The van der Waals surface area contributed by atoms with Crippen molar-refractivity contribution in [1.29, 1.82) is 0 Å². The SMILES string of the molecule is CCCn1cc(-c2nc3nc[nH]n3c(=O)c2C(C)C)cn1. The third kappa shape index (κ3) is 2.24. The van der Waals surface area contributed by atoms with Crippen molar-refractivity contribution in [3.8, 4) is 11.3 Å². The molecule has 0 aliphatic heterocycles. The molecule has 0 saturated carbocycles. The first-order chi connectivity index (χ1) is 10.1. The molecule has 0 fully saturated rings. The topological polar surface area (TPSA) is 80.9 Å². The van der Waals surface area contributed by atoms with E-state index < -0.39 is 0 Å². The molecule has 3 aromatic heterocycles. The van der Waals surface area contributed by atoms with Gasteiger partial charge in [0.2, 0.25) is 0 Å². The number of nitrogens with one attached hydrogen (secondary N) is 1. The predicted octanol–water partition coefficient (Wildman–Crippen LogP) is 1.81. The van der Waals surface area contributed by atoms with Crippen LogP contribution in [0.15, 0.2) is 23.5 Å². The molecular formula is C14H18N6O. The van der Waals surface area contributed by atoms with Gasteiger partial charge in [0.1, 0.15) is 6.33 Å². The molecule has 0 aliphatic rings. The van der Waals surface area contributed by atoms with E-state index >= 15 is 0 Å². The number of rotatable bonds is 4. The van der Waals surface area contributed by atoms with Crippen molar-refractivity contribution in [2.45, 2.75) is 39.7 Å². The van der Waals surface area contributed by atoms with Crippen molar-refractivity contribution >= 4 is 5.78 Å². The van der Waals surface area contributed by atoms with Crippen molar-refractivity contribution in [1.82, 2.24) is 29.4 Å². The Kier molecular flexibility index (Phi) is 3.32. The maximum Gasteiger partial charge on any atom is 0.278 e. The average Bonchev–Trinajstić information content (AvgIpc) is 3.06. The lowest BCUT2D eigenvalue weighted by Crippen LogP contribution is -2.22. The van der Waals surface area contributed by atoms with Crippen molar-refractivity contribution in [3.05, 3.63) is 34.6 Å². The summed E-state index contributed by atoms with van der Waals surface area (Å²) >= 11 is 0. The summed E-state index contributed by atoms with van der Waals surface area (Å²) in [6.07, 6.45) is 6.16. The number of aromatic amines is 1. The fourth-order valence-corrected chi connectivity index (χ4v) is 2.45. The first kappa shape index (κ1) is 13.5. The van der Waals surface area contributed by atoms with Crippen LogP contribution in [0.1, 0.15) is 38.7 Å². The van der Waals surface area contributed by atoms with E-state index in [0.717, 1.165) is 18.5 Å². The maximum absolute atomic E-state index is 12.6. The highest BCUT2D eigenvalue weighted by molar-refractivity contribution is 5.63. The van der Waals surface area contributed by atoms with Gasteiger partial charge in [-0.05, 0) is 12.3 Å². The molecule has 1 N–H and O–H groups in total. The van der Waals surface area contributed by atoms with E-state index in [0.29, 0.717) is 17.0 Å². The zero-order valence-corrected chi connectivity index (χ0v) is 12.4. The minimum Gasteiger partial charge on any atom is -0.278 e. The van der Waals surface area contributed by atoms with Crippen LogP contribution in [0.25, 0.3) is 17.0 Å². The second-order valence-electron chi connectivity index (χ2n) is 5.35. The van der Waals surface area contributed by atoms with Crippen LogP contribution in [0.5, 0.6) is 0 Å². The summed E-state index contributed by atoms with van der Waals surface area (Å²) in [6.45, 7) is 6.92. The summed E-state index contributed by atoms with van der Waals surface area (Å²) in [5.41, 5.74) is 2.10. The highest BCUT2D eigenvalue weighted by Crippen LogP contribution is 2.24. The van der Waals surface area contributed by atoms with E-state index in [-0.39, 0.29) is 11.5 Å². The Bertz CT molecular complexity index is 825. The second kappa shape index (κ2) is 5.16. The van der Waals surface area contributed by atoms with Gasteiger partial charge in [-0.2, -0.15) is 9.61 Å². The predicted molar refractivity (Wildman–Crippen MR) is 79.2 cm³/mol. The van der Waals surface area contributed by atoms with Crippen LogP contribution < -0.4 is 5.56 Å². The van der Waals surface area contributed by atoms with Gasteiger partial charge in [-0.25, -0.2) is 9.97 Å². The molecule has 0 radical (unpaired) electrons. The third-order valence-corrected chi connectivity index (χ3v) is 3.40. The van der Waals surface area contributed by atoms with Crippen LogP contribution in [0.2, 0.25) is 0 Å². The van der Waals surface area contributed by atoms with Crippen LogP contribution in [0, 0.1) is 0 Å². The molecule has 0 bridgehead atoms. The number of hydrogen-bond acceptors (Lipinski definition) is 4. The van der Waals surface area contributed by atoms with Gasteiger partial charge in [0.15, 0.2) is 0 Å². The quantitative estimate of drug-likeness (QED) is 0.793. The Balaban J connectivity index is 2.24. The van der Waals surface area contributed by atoms with Gasteiger partial charge in [0.05, 0.1) is 11.9 Å². The second-order valence-corrected chi connectivity index (χ2v) is 5.35. The standard InChI is InChI=1S/C14H18N6O/c1-4-5-19-7-10(6-16-19)12-11(9(2)3)13(21)20-14(18-12)15-8-17-20/h6-9H,4-5H2,1-3H3,(H,15,17,18). The summed E-state index contributed by atoms with van der Waals surface area (Å²) in [5, 5.41) is 7.12. The molecule has 3 rings (SSSR count). The number of H-pyrrole nitrogens is 1. The minimum atomic E-state index is -0.106. The van der Waals surface area contributed by atoms with E-state index in [1.165, 1.54) is 10.8 Å². The third-order valence-electron chi connectivity index (χ3n) is 3.40. The molecule has 0 amide bonds. The van der Waals surface area contributed by atoms with Gasteiger partial charge in [-0.3, -0.25) is 14.6 Å². The molecule has 7 heteroatoms. The number of hydrogen-bond donors (Lipinski definition) is 1. The fourth-order valence-electron chi connectivity index (χ4n) is 2.45. The van der Waals surface area contributed by atoms with Gasteiger partial charge in [0.25, 0.3) is 11.3 Å². The van der Waals surface area contributed by atoms with Crippen molar-refractivity contribution < 1.29 is 0 Å². The fraction of sp³-hybridized carbons (Fsp3) is 0.429. The molecule has 7 nitrogen and oxygen atoms in total. The lowest BCUT2D eigenvalue weighted by molar-refractivity contribution is 0.603. The normalized spacial score (nSPS) is 11.6. The molecule has 0 saturated heterocycles. The molecule has 3 heterocycles. The van der Waals surface area contributed by atoms with E-state index in [9.17, 15) is 4.79 Å². The zero-order chi connectivity index (χ0) is 15.0. The monoisotopic (exact) mass is 286 g/mol. The summed E-state index contributed by atoms with van der Waals surface area (Å²) < 4.78 is 3.24. The number of aryl methyl sites for hydroxylation is 1. The smallest absolute Gasteiger partial charge is 0.278 e. The molecule has 21 heavy (non-hydrogen) atoms. The highest BCUT2D eigenvalue weighted by Gasteiger charge is 2.19. The Morgan fingerprint density at radius 2 is 2.19 bits per heavy atom. The minimum absolute atomic E-state index is 0.0646. The van der Waals surface area contributed by atoms with Crippen LogP contribution in [-0.2, 0) is 6.54 Å². The Morgan fingerprint density at radius 1 is 1.38 bits per heavy atom. The average molecular weight is 286 g/mol. The molecule has 0 aromatic carbocycles. The van der Waals surface area contributed by atoms with Crippen LogP contribution in [0.3, 0.4) is 0 Å². The number of nitrogens with zero attached hydrogens (tertiary/aromatic N) is 5. The molecular weight excluding hydrogens is 268 g/mol. The Labute approximate surface area is 121 Å². The zero-order valence-electron chi connectivity index (χ0n) is 12.4. The van der Waals surface area contributed by atoms with Crippen LogP contribution in [-0.4, -0.2) is 29.4 Å². The first-order valence-electron chi connectivity index (χ1n) is 7.10. The molecule has 3 aromatic rings. The van der Waals surface area contributed by atoms with Gasteiger partial charge in [-0.15, -0.1) is 0 Å². The Morgan fingerprint density at radius 3 is 2.90 bits per heavy atom. The highest BCUT2D eigenvalue weighted by atomic mass is 16.1. The van der Waals surface area contributed by atoms with E-state index in [1.54, 1.807) is 6.20 Å². The number of aromatic nitrogens is 6. The molecule has 110 valence electrons. The summed E-state index contributed by atoms with van der Waals surface area (Å²) in [5.74, 6) is 0.442. The van der Waals surface area contributed by atoms with E-state index in [2.05, 4.69) is 27.1 Å². The van der Waals surface area contributed by atoms with E-state index in [4.69, 9.17) is 0 Å². The molecule has 0 spiro atoms. The lowest BCUT2D eigenvalue weighted by Gasteiger charge is -2.09. The summed E-state index contributed by atoms with van der Waals surface area (Å²) in [7, 11) is 0. The van der Waals surface area contributed by atoms with Crippen LogP contribution in [0.4, 0.5) is 0 Å².